The van der Waals surface area contributed by atoms with E-state index in [0.717, 1.165) is 16.7 Å². The maximum Gasteiger partial charge on any atom is 0.345 e. The monoisotopic (exact) mass is 272 g/mol. The van der Waals surface area contributed by atoms with Crippen LogP contribution in [0.4, 0.5) is 0 Å². The van der Waals surface area contributed by atoms with Crippen LogP contribution in [0, 0.1) is 0 Å². The summed E-state index contributed by atoms with van der Waals surface area (Å²) in [7, 11) is 3.52. The highest BCUT2D eigenvalue weighted by Gasteiger charge is 2.17. The van der Waals surface area contributed by atoms with E-state index in [1.54, 1.807) is 7.05 Å². The number of aryl methyl sites for hydroxylation is 1. The van der Waals surface area contributed by atoms with Gasteiger partial charge in [0.1, 0.15) is 17.7 Å². The Balaban J connectivity index is 1.93. The van der Waals surface area contributed by atoms with Crippen LogP contribution in [-0.2, 0) is 13.6 Å². The molecule has 0 amide bonds. The second-order valence-electron chi connectivity index (χ2n) is 4.73. The number of para-hydroxylation sites is 1. The molecule has 1 unspecified atom stereocenters. The number of likely N-dealkylation sites (N-methyl/N-ethyl adjacent to an activating group) is 1. The summed E-state index contributed by atoms with van der Waals surface area (Å²) in [6.45, 7) is 0.427. The van der Waals surface area contributed by atoms with Gasteiger partial charge in [0.15, 0.2) is 0 Å². The Morgan fingerprint density at radius 1 is 1.40 bits per heavy atom. The van der Waals surface area contributed by atoms with Crippen molar-refractivity contribution in [1.82, 2.24) is 19.7 Å². The Morgan fingerprint density at radius 2 is 2.20 bits per heavy atom. The van der Waals surface area contributed by atoms with Gasteiger partial charge in [-0.1, -0.05) is 18.2 Å². The van der Waals surface area contributed by atoms with Crippen LogP contribution in [-0.4, -0.2) is 21.4 Å². The highest BCUT2D eigenvalue weighted by molar-refractivity contribution is 5.77. The molecule has 6 nitrogen and oxygen atoms in total. The summed E-state index contributed by atoms with van der Waals surface area (Å²) < 4.78 is 8.70. The third kappa shape index (κ3) is 2.14. The van der Waals surface area contributed by atoms with Crippen LogP contribution in [0.3, 0.4) is 0 Å². The van der Waals surface area contributed by atoms with Crippen LogP contribution in [0.15, 0.2) is 45.9 Å². The van der Waals surface area contributed by atoms with Crippen LogP contribution in [0.5, 0.6) is 0 Å². The van der Waals surface area contributed by atoms with E-state index >= 15 is 0 Å². The second kappa shape index (κ2) is 4.97. The van der Waals surface area contributed by atoms with Crippen LogP contribution >= 0.6 is 0 Å². The first-order chi connectivity index (χ1) is 9.69. The van der Waals surface area contributed by atoms with Crippen LogP contribution < -0.4 is 11.0 Å². The van der Waals surface area contributed by atoms with E-state index in [1.807, 2.05) is 37.4 Å². The first-order valence-corrected chi connectivity index (χ1v) is 6.43. The maximum atomic E-state index is 11.8. The average molecular weight is 272 g/mol. The van der Waals surface area contributed by atoms with E-state index < -0.39 is 0 Å². The topological polar surface area (TPSA) is 65.0 Å². The first kappa shape index (κ1) is 12.7. The molecule has 3 rings (SSSR count). The Labute approximate surface area is 115 Å². The second-order valence-corrected chi connectivity index (χ2v) is 4.73. The molecular formula is C14H16N4O2. The van der Waals surface area contributed by atoms with Gasteiger partial charge in [0.05, 0.1) is 12.6 Å². The van der Waals surface area contributed by atoms with E-state index in [1.165, 1.54) is 15.6 Å². The van der Waals surface area contributed by atoms with E-state index in [4.69, 9.17) is 4.42 Å². The van der Waals surface area contributed by atoms with Crippen molar-refractivity contribution in [2.24, 2.45) is 7.05 Å². The number of benzene rings is 1. The van der Waals surface area contributed by atoms with Crippen LogP contribution in [0.25, 0.3) is 11.0 Å². The maximum absolute atomic E-state index is 11.8. The highest BCUT2D eigenvalue weighted by Crippen LogP contribution is 2.24. The number of nitrogens with one attached hydrogen (secondary N) is 1. The minimum atomic E-state index is -0.138. The average Bonchev–Trinajstić information content (AvgIpc) is 3.02. The van der Waals surface area contributed by atoms with E-state index in [-0.39, 0.29) is 11.7 Å². The number of furan rings is 1. The fourth-order valence-electron chi connectivity index (χ4n) is 2.22. The number of rotatable bonds is 4. The Hall–Kier alpha value is -2.34. The summed E-state index contributed by atoms with van der Waals surface area (Å²) in [5.74, 6) is 0.797. The molecule has 0 saturated heterocycles. The molecule has 6 heteroatoms. The van der Waals surface area contributed by atoms with Crippen molar-refractivity contribution in [2.75, 3.05) is 7.05 Å². The van der Waals surface area contributed by atoms with Gasteiger partial charge in [-0.15, -0.1) is 0 Å². The number of nitrogens with zero attached hydrogens (tertiary/aromatic N) is 3. The Kier molecular flexibility index (Phi) is 3.15. The van der Waals surface area contributed by atoms with Crippen molar-refractivity contribution < 1.29 is 4.42 Å². The summed E-state index contributed by atoms with van der Waals surface area (Å²) in [5.41, 5.74) is 0.706. The van der Waals surface area contributed by atoms with Crippen LogP contribution in [0.1, 0.15) is 11.8 Å². The van der Waals surface area contributed by atoms with Crippen molar-refractivity contribution in [1.29, 1.82) is 0 Å². The standard InChI is InChI=1S/C14H16N4O2/c1-15-11(8-18-14(19)17(2)9-16-18)13-7-10-5-3-4-6-12(10)20-13/h3-7,9,11,15H,8H2,1-2H3. The van der Waals surface area contributed by atoms with Crippen molar-refractivity contribution >= 4 is 11.0 Å². The summed E-state index contributed by atoms with van der Waals surface area (Å²) >= 11 is 0. The number of fused-ring (bicyclic) bond motifs is 1. The minimum absolute atomic E-state index is 0.102. The molecule has 0 fully saturated rings. The molecule has 0 saturated carbocycles. The molecule has 2 aromatic heterocycles. The lowest BCUT2D eigenvalue weighted by molar-refractivity contribution is 0.389. The smallest absolute Gasteiger partial charge is 0.345 e. The number of hydrogen-bond donors (Lipinski definition) is 1. The summed E-state index contributed by atoms with van der Waals surface area (Å²) in [4.78, 5) is 11.8. The lowest BCUT2D eigenvalue weighted by Gasteiger charge is -2.12. The quantitative estimate of drug-likeness (QED) is 0.777. The highest BCUT2D eigenvalue weighted by atomic mass is 16.3. The molecule has 1 atom stereocenters. The first-order valence-electron chi connectivity index (χ1n) is 6.43. The van der Waals surface area contributed by atoms with E-state index in [0.29, 0.717) is 6.54 Å². The molecular weight excluding hydrogens is 256 g/mol. The molecule has 0 bridgehead atoms. The summed E-state index contributed by atoms with van der Waals surface area (Å²) in [6.07, 6.45) is 1.51. The van der Waals surface area contributed by atoms with Gasteiger partial charge in [0, 0.05) is 12.4 Å². The van der Waals surface area contributed by atoms with Gasteiger partial charge in [-0.05, 0) is 19.2 Å². The molecule has 1 N–H and O–H groups in total. The third-order valence-corrected chi connectivity index (χ3v) is 3.38. The predicted octanol–water partition coefficient (Wildman–Crippen LogP) is 1.29. The molecule has 0 spiro atoms. The zero-order valence-corrected chi connectivity index (χ0v) is 11.4. The minimum Gasteiger partial charge on any atom is -0.459 e. The zero-order chi connectivity index (χ0) is 14.1. The van der Waals surface area contributed by atoms with Crippen molar-refractivity contribution in [3.63, 3.8) is 0 Å². The molecule has 0 aliphatic rings. The van der Waals surface area contributed by atoms with Gasteiger partial charge in [-0.2, -0.15) is 5.10 Å². The largest absolute Gasteiger partial charge is 0.459 e. The van der Waals surface area contributed by atoms with Gasteiger partial charge < -0.3 is 9.73 Å². The summed E-state index contributed by atoms with van der Waals surface area (Å²) in [6, 6.07) is 9.73. The van der Waals surface area contributed by atoms with Gasteiger partial charge in [-0.25, -0.2) is 9.48 Å². The lowest BCUT2D eigenvalue weighted by atomic mass is 10.2. The SMILES string of the molecule is CNC(Cn1ncn(C)c1=O)c1cc2ccccc2o1. The molecule has 1 aromatic carbocycles. The third-order valence-electron chi connectivity index (χ3n) is 3.38. The van der Waals surface area contributed by atoms with Gasteiger partial charge in [0.25, 0.3) is 0 Å². The van der Waals surface area contributed by atoms with Crippen LogP contribution in [0.2, 0.25) is 0 Å². The van der Waals surface area contributed by atoms with Gasteiger partial charge in [-0.3, -0.25) is 4.57 Å². The van der Waals surface area contributed by atoms with Crippen molar-refractivity contribution in [3.05, 3.63) is 52.9 Å². The van der Waals surface area contributed by atoms with E-state index in [2.05, 4.69) is 10.4 Å². The molecule has 0 aliphatic heterocycles. The molecule has 2 heterocycles. The number of aromatic nitrogens is 3. The zero-order valence-electron chi connectivity index (χ0n) is 11.4. The lowest BCUT2D eigenvalue weighted by Crippen LogP contribution is -2.29. The van der Waals surface area contributed by atoms with Crippen molar-refractivity contribution in [2.45, 2.75) is 12.6 Å². The summed E-state index contributed by atoms with van der Waals surface area (Å²) in [5, 5.41) is 8.28. The molecule has 20 heavy (non-hydrogen) atoms. The van der Waals surface area contributed by atoms with Crippen molar-refractivity contribution in [3.8, 4) is 0 Å². The predicted molar refractivity (Wildman–Crippen MR) is 75.5 cm³/mol. The fourth-order valence-corrected chi connectivity index (χ4v) is 2.22. The van der Waals surface area contributed by atoms with E-state index in [9.17, 15) is 4.79 Å². The van der Waals surface area contributed by atoms with Gasteiger partial charge >= 0.3 is 5.69 Å². The normalized spacial score (nSPS) is 12.9. The fraction of sp³-hybridized carbons (Fsp3) is 0.286. The molecule has 3 aromatic rings. The Morgan fingerprint density at radius 3 is 2.85 bits per heavy atom. The Bertz CT molecular complexity index is 751. The molecule has 0 radical (unpaired) electrons. The molecule has 104 valence electrons. The van der Waals surface area contributed by atoms with Gasteiger partial charge in [0.2, 0.25) is 0 Å². The number of hydrogen-bond acceptors (Lipinski definition) is 4. The molecule has 0 aliphatic carbocycles.